The van der Waals surface area contributed by atoms with Crippen molar-refractivity contribution < 1.29 is 5.11 Å². The largest absolute Gasteiger partial charge is 0.393 e. The molecule has 0 aromatic carbocycles. The summed E-state index contributed by atoms with van der Waals surface area (Å²) in [6.45, 7) is 3.32. The molecular weight excluding hydrogens is 170 g/mol. The number of nitrogen functional groups attached to an aromatic ring is 1. The maximum Gasteiger partial charge on any atom is 0.255 e. The van der Waals surface area contributed by atoms with Crippen LogP contribution in [0.1, 0.15) is 18.2 Å². The molecule has 0 bridgehead atoms. The van der Waals surface area contributed by atoms with E-state index in [2.05, 4.69) is 9.97 Å². The predicted octanol–water partition coefficient (Wildman–Crippen LogP) is -0.416. The average molecular weight is 183 g/mol. The molecule has 0 aliphatic rings. The second-order valence-corrected chi connectivity index (χ2v) is 3.07. The molecular formula is C8H13N3O2. The van der Waals surface area contributed by atoms with E-state index < -0.39 is 6.10 Å². The lowest BCUT2D eigenvalue weighted by Gasteiger charge is -2.06. The molecule has 4 N–H and O–H groups in total. The van der Waals surface area contributed by atoms with Crippen LogP contribution in [0.5, 0.6) is 0 Å². The molecule has 0 radical (unpaired) electrons. The fourth-order valence-corrected chi connectivity index (χ4v) is 1.17. The van der Waals surface area contributed by atoms with Gasteiger partial charge in [0.15, 0.2) is 0 Å². The van der Waals surface area contributed by atoms with Gasteiger partial charge in [-0.2, -0.15) is 0 Å². The van der Waals surface area contributed by atoms with Crippen molar-refractivity contribution in [2.45, 2.75) is 26.4 Å². The van der Waals surface area contributed by atoms with Crippen molar-refractivity contribution in [1.29, 1.82) is 0 Å². The molecule has 1 aromatic heterocycles. The van der Waals surface area contributed by atoms with Crippen molar-refractivity contribution in [2.75, 3.05) is 5.73 Å². The molecule has 1 aromatic rings. The van der Waals surface area contributed by atoms with Crippen molar-refractivity contribution in [2.24, 2.45) is 0 Å². The molecule has 5 heteroatoms. The first-order valence-electron chi connectivity index (χ1n) is 4.04. The van der Waals surface area contributed by atoms with Crippen LogP contribution in [0.4, 0.5) is 5.95 Å². The van der Waals surface area contributed by atoms with Gasteiger partial charge in [-0.15, -0.1) is 0 Å². The second-order valence-electron chi connectivity index (χ2n) is 3.07. The molecule has 0 fully saturated rings. The van der Waals surface area contributed by atoms with E-state index in [1.807, 2.05) is 0 Å². The number of aliphatic hydroxyl groups excluding tert-OH is 1. The number of aryl methyl sites for hydroxylation is 1. The lowest BCUT2D eigenvalue weighted by Crippen LogP contribution is -2.21. The van der Waals surface area contributed by atoms with Gasteiger partial charge in [-0.3, -0.25) is 9.78 Å². The van der Waals surface area contributed by atoms with Gasteiger partial charge in [0.05, 0.1) is 11.8 Å². The first-order chi connectivity index (χ1) is 6.00. The van der Waals surface area contributed by atoms with Crippen LogP contribution in [0.3, 0.4) is 0 Å². The number of aliphatic hydroxyl groups is 1. The van der Waals surface area contributed by atoms with E-state index in [1.165, 1.54) is 0 Å². The van der Waals surface area contributed by atoms with Crippen LogP contribution >= 0.6 is 0 Å². The number of hydrogen-bond donors (Lipinski definition) is 3. The number of hydrogen-bond acceptors (Lipinski definition) is 4. The minimum absolute atomic E-state index is 0.108. The minimum atomic E-state index is -0.551. The van der Waals surface area contributed by atoms with Crippen LogP contribution in [0, 0.1) is 6.92 Å². The van der Waals surface area contributed by atoms with Crippen LogP contribution in [0.15, 0.2) is 4.79 Å². The summed E-state index contributed by atoms with van der Waals surface area (Å²) in [7, 11) is 0. The Balaban J connectivity index is 3.14. The molecule has 0 spiro atoms. The van der Waals surface area contributed by atoms with E-state index in [-0.39, 0.29) is 11.5 Å². The third-order valence-corrected chi connectivity index (χ3v) is 1.74. The summed E-state index contributed by atoms with van der Waals surface area (Å²) in [6.07, 6.45) is -0.251. The lowest BCUT2D eigenvalue weighted by atomic mass is 10.1. The molecule has 1 atom stereocenters. The normalized spacial score (nSPS) is 12.8. The van der Waals surface area contributed by atoms with Crippen LogP contribution in [0.2, 0.25) is 0 Å². The Hall–Kier alpha value is -1.36. The highest BCUT2D eigenvalue weighted by Gasteiger charge is 2.08. The molecule has 1 heterocycles. The smallest absolute Gasteiger partial charge is 0.255 e. The Morgan fingerprint density at radius 3 is 2.77 bits per heavy atom. The van der Waals surface area contributed by atoms with E-state index in [0.29, 0.717) is 17.7 Å². The van der Waals surface area contributed by atoms with E-state index >= 15 is 0 Å². The Morgan fingerprint density at radius 1 is 1.69 bits per heavy atom. The van der Waals surface area contributed by atoms with Crippen molar-refractivity contribution in [3.63, 3.8) is 0 Å². The van der Waals surface area contributed by atoms with Gasteiger partial charge in [0, 0.05) is 12.0 Å². The average Bonchev–Trinajstić information content (AvgIpc) is 1.96. The quantitative estimate of drug-likeness (QED) is 0.581. The summed E-state index contributed by atoms with van der Waals surface area (Å²) < 4.78 is 0. The monoisotopic (exact) mass is 183 g/mol. The molecule has 1 rings (SSSR count). The van der Waals surface area contributed by atoms with Gasteiger partial charge in [0.1, 0.15) is 0 Å². The molecule has 0 unspecified atom stereocenters. The number of nitrogens with two attached hydrogens (primary N) is 1. The van der Waals surface area contributed by atoms with Crippen molar-refractivity contribution in [3.8, 4) is 0 Å². The third-order valence-electron chi connectivity index (χ3n) is 1.74. The highest BCUT2D eigenvalue weighted by atomic mass is 16.3. The lowest BCUT2D eigenvalue weighted by molar-refractivity contribution is 0.194. The zero-order chi connectivity index (χ0) is 10.0. The van der Waals surface area contributed by atoms with Gasteiger partial charge in [0.25, 0.3) is 5.56 Å². The van der Waals surface area contributed by atoms with Gasteiger partial charge < -0.3 is 10.8 Å². The Kier molecular flexibility index (Phi) is 2.67. The summed E-state index contributed by atoms with van der Waals surface area (Å²) in [6, 6.07) is 0. The fraction of sp³-hybridized carbons (Fsp3) is 0.500. The minimum Gasteiger partial charge on any atom is -0.393 e. The maximum atomic E-state index is 11.3. The molecule has 0 saturated carbocycles. The Morgan fingerprint density at radius 2 is 2.31 bits per heavy atom. The van der Waals surface area contributed by atoms with Gasteiger partial charge in [-0.25, -0.2) is 4.98 Å². The Bertz CT molecular complexity index is 357. The number of aromatic nitrogens is 2. The van der Waals surface area contributed by atoms with Crippen LogP contribution in [-0.4, -0.2) is 21.2 Å². The van der Waals surface area contributed by atoms with Crippen molar-refractivity contribution in [3.05, 3.63) is 21.6 Å². The number of aromatic amines is 1. The van der Waals surface area contributed by atoms with Gasteiger partial charge in [0.2, 0.25) is 5.95 Å². The summed E-state index contributed by atoms with van der Waals surface area (Å²) in [5, 5.41) is 9.11. The highest BCUT2D eigenvalue weighted by molar-refractivity contribution is 5.24. The van der Waals surface area contributed by atoms with E-state index in [9.17, 15) is 4.79 Å². The maximum absolute atomic E-state index is 11.3. The van der Waals surface area contributed by atoms with Crippen molar-refractivity contribution >= 4 is 5.95 Å². The summed E-state index contributed by atoms with van der Waals surface area (Å²) in [5.74, 6) is 0.108. The SMILES string of the molecule is Cc1nc(N)[nH]c(=O)c1C[C@H](C)O. The highest BCUT2D eigenvalue weighted by Crippen LogP contribution is 2.02. The molecule has 0 amide bonds. The number of H-pyrrole nitrogens is 1. The van der Waals surface area contributed by atoms with E-state index in [1.54, 1.807) is 13.8 Å². The van der Waals surface area contributed by atoms with E-state index in [4.69, 9.17) is 10.8 Å². The summed E-state index contributed by atoms with van der Waals surface area (Å²) in [5.41, 5.74) is 6.12. The standard InChI is InChI=1S/C8H13N3O2/c1-4(12)3-6-5(2)10-8(9)11-7(6)13/h4,12H,3H2,1-2H3,(H3,9,10,11,13)/t4-/m0/s1. The molecule has 13 heavy (non-hydrogen) atoms. The topological polar surface area (TPSA) is 92.0 Å². The first kappa shape index (κ1) is 9.73. The number of nitrogens with one attached hydrogen (secondary N) is 1. The van der Waals surface area contributed by atoms with Crippen LogP contribution < -0.4 is 11.3 Å². The molecule has 0 aliphatic carbocycles. The number of anilines is 1. The zero-order valence-electron chi connectivity index (χ0n) is 7.66. The molecule has 5 nitrogen and oxygen atoms in total. The van der Waals surface area contributed by atoms with E-state index in [0.717, 1.165) is 0 Å². The second kappa shape index (κ2) is 3.57. The fourth-order valence-electron chi connectivity index (χ4n) is 1.17. The van der Waals surface area contributed by atoms with Crippen molar-refractivity contribution in [1.82, 2.24) is 9.97 Å². The first-order valence-corrected chi connectivity index (χ1v) is 4.04. The molecule has 72 valence electrons. The zero-order valence-corrected chi connectivity index (χ0v) is 7.66. The van der Waals surface area contributed by atoms with Crippen LogP contribution in [-0.2, 0) is 6.42 Å². The third kappa shape index (κ3) is 2.29. The summed E-state index contributed by atoms with van der Waals surface area (Å²) in [4.78, 5) is 17.6. The van der Waals surface area contributed by atoms with Gasteiger partial charge in [-0.05, 0) is 13.8 Å². The number of rotatable bonds is 2. The van der Waals surface area contributed by atoms with Gasteiger partial charge in [-0.1, -0.05) is 0 Å². The molecule has 0 aliphatic heterocycles. The Labute approximate surface area is 75.6 Å². The van der Waals surface area contributed by atoms with Crippen LogP contribution in [0.25, 0.3) is 0 Å². The van der Waals surface area contributed by atoms with Gasteiger partial charge >= 0.3 is 0 Å². The molecule has 0 saturated heterocycles. The summed E-state index contributed by atoms with van der Waals surface area (Å²) >= 11 is 0. The predicted molar refractivity (Wildman–Crippen MR) is 49.4 cm³/mol. The number of nitrogens with zero attached hydrogens (tertiary/aromatic N) is 1.